The zero-order chi connectivity index (χ0) is 9.26. The van der Waals surface area contributed by atoms with Crippen LogP contribution in [0, 0.1) is 11.6 Å². The van der Waals surface area contributed by atoms with Gasteiger partial charge in [0.05, 0.1) is 0 Å². The van der Waals surface area contributed by atoms with Crippen LogP contribution in [0.2, 0.25) is 0 Å². The van der Waals surface area contributed by atoms with E-state index in [0.717, 1.165) is 11.3 Å². The van der Waals surface area contributed by atoms with Crippen molar-refractivity contribution in [3.8, 4) is 11.3 Å². The third-order valence-corrected chi connectivity index (χ3v) is 2.98. The highest BCUT2D eigenvalue weighted by atomic mass is 32.1. The fourth-order valence-corrected chi connectivity index (χ4v) is 2.10. The zero-order valence-electron chi connectivity index (χ0n) is 7.07. The minimum absolute atomic E-state index is 0.698. The van der Waals surface area contributed by atoms with Gasteiger partial charge in [0.1, 0.15) is 10.3 Å². The summed E-state index contributed by atoms with van der Waals surface area (Å²) in [6.45, 7) is 2.07. The molecule has 0 saturated carbocycles. The molecule has 2 nitrogen and oxygen atoms in total. The van der Waals surface area contributed by atoms with Crippen LogP contribution in [-0.4, -0.2) is 9.97 Å². The molecule has 13 heavy (non-hydrogen) atoms. The molecular weight excluding hydrogens is 200 g/mol. The lowest BCUT2D eigenvalue weighted by Crippen LogP contribution is -1.85. The molecule has 2 aromatic rings. The molecule has 0 saturated heterocycles. The lowest BCUT2D eigenvalue weighted by Gasteiger charge is -1.97. The first-order chi connectivity index (χ1) is 6.29. The molecule has 0 bridgehead atoms. The van der Waals surface area contributed by atoms with Gasteiger partial charge in [0.25, 0.3) is 0 Å². The lowest BCUT2D eigenvalue weighted by atomic mass is 10.2. The average molecular weight is 208 g/mol. The van der Waals surface area contributed by atoms with Crippen LogP contribution in [0.3, 0.4) is 0 Å². The Hall–Kier alpha value is -1.00. The Morgan fingerprint density at radius 1 is 1.54 bits per heavy atom. The second kappa shape index (κ2) is 3.40. The van der Waals surface area contributed by atoms with Crippen molar-refractivity contribution in [2.45, 2.75) is 6.92 Å². The number of thiophene rings is 1. The maximum atomic E-state index is 5.15. The predicted octanol–water partition coefficient (Wildman–Crippen LogP) is 3.18. The van der Waals surface area contributed by atoms with Gasteiger partial charge in [-0.05, 0) is 18.4 Å². The van der Waals surface area contributed by atoms with E-state index in [1.807, 2.05) is 11.4 Å². The molecule has 0 aromatic carbocycles. The normalized spacial score (nSPS) is 10.2. The van der Waals surface area contributed by atoms with Crippen LogP contribution < -0.4 is 0 Å². The van der Waals surface area contributed by atoms with Crippen LogP contribution in [-0.2, 0) is 0 Å². The monoisotopic (exact) mass is 208 g/mol. The van der Waals surface area contributed by atoms with Crippen molar-refractivity contribution >= 4 is 23.6 Å². The lowest BCUT2D eigenvalue weighted by molar-refractivity contribution is 1.18. The van der Waals surface area contributed by atoms with Crippen LogP contribution >= 0.6 is 23.6 Å². The first-order valence-electron chi connectivity index (χ1n) is 3.87. The largest absolute Gasteiger partial charge is 0.350 e. The molecule has 1 N–H and O–H groups in total. The summed E-state index contributed by atoms with van der Waals surface area (Å²) in [5.74, 6) is 0. The van der Waals surface area contributed by atoms with Crippen molar-refractivity contribution in [2.24, 2.45) is 0 Å². The molecule has 0 aliphatic heterocycles. The molecule has 0 spiro atoms. The fourth-order valence-electron chi connectivity index (χ4n) is 1.17. The Morgan fingerprint density at radius 3 is 3.00 bits per heavy atom. The second-order valence-corrected chi connectivity index (χ2v) is 4.19. The molecule has 66 valence electrons. The first kappa shape index (κ1) is 8.59. The summed E-state index contributed by atoms with van der Waals surface area (Å²) in [7, 11) is 0. The van der Waals surface area contributed by atoms with Gasteiger partial charge in [-0.2, -0.15) is 0 Å². The Labute approximate surface area is 85.3 Å². The smallest absolute Gasteiger partial charge is 0.129 e. The maximum absolute atomic E-state index is 5.15. The summed E-state index contributed by atoms with van der Waals surface area (Å²) in [6.07, 6.45) is 3.47. The van der Waals surface area contributed by atoms with Gasteiger partial charge in [0.15, 0.2) is 0 Å². The minimum Gasteiger partial charge on any atom is -0.350 e. The first-order valence-corrected chi connectivity index (χ1v) is 5.16. The molecule has 0 amide bonds. The van der Waals surface area contributed by atoms with Crippen molar-refractivity contribution in [3.63, 3.8) is 0 Å². The van der Waals surface area contributed by atoms with E-state index in [2.05, 4.69) is 16.9 Å². The summed E-state index contributed by atoms with van der Waals surface area (Å²) in [5, 5.41) is 2.05. The van der Waals surface area contributed by atoms with Crippen LogP contribution in [0.25, 0.3) is 11.3 Å². The predicted molar refractivity (Wildman–Crippen MR) is 57.5 cm³/mol. The van der Waals surface area contributed by atoms with Crippen molar-refractivity contribution in [3.05, 3.63) is 33.4 Å². The summed E-state index contributed by atoms with van der Waals surface area (Å²) in [5.41, 5.74) is 2.00. The standard InChI is InChI=1S/C9H8N2S2/c1-6-7(2-5-13-6)8-9(12)11-4-3-10-8/h2-5H,1H3,(H,11,12). The summed E-state index contributed by atoms with van der Waals surface area (Å²) >= 11 is 6.85. The quantitative estimate of drug-likeness (QED) is 0.729. The van der Waals surface area contributed by atoms with Crippen LogP contribution in [0.15, 0.2) is 23.8 Å². The molecule has 0 aliphatic carbocycles. The average Bonchev–Trinajstić information content (AvgIpc) is 2.52. The third kappa shape index (κ3) is 1.55. The highest BCUT2D eigenvalue weighted by molar-refractivity contribution is 7.71. The van der Waals surface area contributed by atoms with Gasteiger partial charge in [-0.1, -0.05) is 12.2 Å². The SMILES string of the molecule is Cc1sccc1-c1ncc[nH]c1=S. The van der Waals surface area contributed by atoms with Crippen LogP contribution in [0.4, 0.5) is 0 Å². The molecular formula is C9H8N2S2. The van der Waals surface area contributed by atoms with E-state index in [0.29, 0.717) is 4.64 Å². The van der Waals surface area contributed by atoms with E-state index in [1.165, 1.54) is 4.88 Å². The summed E-state index contributed by atoms with van der Waals surface area (Å²) in [6, 6.07) is 2.05. The molecule has 2 rings (SSSR count). The van der Waals surface area contributed by atoms with Crippen molar-refractivity contribution in [1.82, 2.24) is 9.97 Å². The molecule has 0 radical (unpaired) electrons. The number of aryl methyl sites for hydroxylation is 1. The number of aromatic amines is 1. The van der Waals surface area contributed by atoms with Gasteiger partial charge in [-0.25, -0.2) is 0 Å². The van der Waals surface area contributed by atoms with Crippen LogP contribution in [0.5, 0.6) is 0 Å². The van der Waals surface area contributed by atoms with Crippen molar-refractivity contribution in [1.29, 1.82) is 0 Å². The van der Waals surface area contributed by atoms with Gasteiger partial charge < -0.3 is 4.98 Å². The highest BCUT2D eigenvalue weighted by Crippen LogP contribution is 2.25. The van der Waals surface area contributed by atoms with Gasteiger partial charge >= 0.3 is 0 Å². The molecule has 0 fully saturated rings. The zero-order valence-corrected chi connectivity index (χ0v) is 8.71. The van der Waals surface area contributed by atoms with Gasteiger partial charge in [-0.3, -0.25) is 4.98 Å². The number of nitrogens with one attached hydrogen (secondary N) is 1. The summed E-state index contributed by atoms with van der Waals surface area (Å²) in [4.78, 5) is 8.47. The Morgan fingerprint density at radius 2 is 2.38 bits per heavy atom. The summed E-state index contributed by atoms with van der Waals surface area (Å²) < 4.78 is 0.698. The number of hydrogen-bond acceptors (Lipinski definition) is 3. The molecule has 2 aromatic heterocycles. The van der Waals surface area contributed by atoms with E-state index in [-0.39, 0.29) is 0 Å². The molecule has 0 atom stereocenters. The van der Waals surface area contributed by atoms with Gasteiger partial charge in [-0.15, -0.1) is 11.3 Å². The van der Waals surface area contributed by atoms with Crippen molar-refractivity contribution in [2.75, 3.05) is 0 Å². The van der Waals surface area contributed by atoms with Gasteiger partial charge in [0, 0.05) is 22.8 Å². The van der Waals surface area contributed by atoms with E-state index in [9.17, 15) is 0 Å². The Kier molecular flexibility index (Phi) is 2.24. The third-order valence-electron chi connectivity index (χ3n) is 1.82. The molecule has 4 heteroatoms. The molecule has 0 aliphatic rings. The Bertz CT molecular complexity index is 470. The van der Waals surface area contributed by atoms with E-state index >= 15 is 0 Å². The van der Waals surface area contributed by atoms with E-state index in [4.69, 9.17) is 12.2 Å². The minimum atomic E-state index is 0.698. The molecule has 2 heterocycles. The number of rotatable bonds is 1. The van der Waals surface area contributed by atoms with Gasteiger partial charge in [0.2, 0.25) is 0 Å². The maximum Gasteiger partial charge on any atom is 0.129 e. The van der Waals surface area contributed by atoms with Crippen LogP contribution in [0.1, 0.15) is 4.88 Å². The Balaban J connectivity index is 2.66. The molecule has 0 unspecified atom stereocenters. The number of H-pyrrole nitrogens is 1. The second-order valence-electron chi connectivity index (χ2n) is 2.66. The van der Waals surface area contributed by atoms with E-state index < -0.39 is 0 Å². The van der Waals surface area contributed by atoms with Crippen molar-refractivity contribution < 1.29 is 0 Å². The highest BCUT2D eigenvalue weighted by Gasteiger charge is 2.05. The fraction of sp³-hybridized carbons (Fsp3) is 0.111. The topological polar surface area (TPSA) is 28.7 Å². The van der Waals surface area contributed by atoms with E-state index in [1.54, 1.807) is 23.7 Å². The number of nitrogens with zero attached hydrogens (tertiary/aromatic N) is 1. The number of aromatic nitrogens is 2. The number of hydrogen-bond donors (Lipinski definition) is 1.